The molecule has 0 radical (unpaired) electrons. The average molecular weight is 304 g/mol. The average Bonchev–Trinajstić information content (AvgIpc) is 3.06. The van der Waals surface area contributed by atoms with Crippen molar-refractivity contribution in [2.24, 2.45) is 0 Å². The largest absolute Gasteiger partial charge is 0.368 e. The lowest BCUT2D eigenvalue weighted by molar-refractivity contribution is -0.124. The lowest BCUT2D eigenvalue weighted by atomic mass is 10.1. The molecule has 2 rings (SSSR count). The van der Waals surface area contributed by atoms with Crippen molar-refractivity contribution in [1.29, 1.82) is 0 Å². The summed E-state index contributed by atoms with van der Waals surface area (Å²) in [7, 11) is 0. The number of anilines is 1. The maximum absolute atomic E-state index is 12.1. The van der Waals surface area contributed by atoms with Crippen LogP contribution in [-0.4, -0.2) is 31.1 Å². The third-order valence-electron chi connectivity index (χ3n) is 3.68. The summed E-state index contributed by atoms with van der Waals surface area (Å²) >= 11 is 0. The van der Waals surface area contributed by atoms with Gasteiger partial charge in [-0.15, -0.1) is 0 Å². The second-order valence-electron chi connectivity index (χ2n) is 5.53. The molecule has 1 aliphatic heterocycles. The van der Waals surface area contributed by atoms with Gasteiger partial charge < -0.3 is 15.4 Å². The van der Waals surface area contributed by atoms with Crippen molar-refractivity contribution in [2.75, 3.05) is 18.5 Å². The Balaban J connectivity index is 1.88. The maximum Gasteiger partial charge on any atom is 0.253 e. The SMILES string of the molecule is CCCCCNC(=O)c1cccc(NC(=O)C2CCCO2)c1. The number of benzene rings is 1. The molecule has 0 bridgehead atoms. The number of carbonyl (C=O) groups is 2. The van der Waals surface area contributed by atoms with Crippen molar-refractivity contribution in [3.05, 3.63) is 29.8 Å². The summed E-state index contributed by atoms with van der Waals surface area (Å²) in [6.07, 6.45) is 4.52. The highest BCUT2D eigenvalue weighted by Crippen LogP contribution is 2.16. The van der Waals surface area contributed by atoms with E-state index in [1.165, 1.54) is 0 Å². The summed E-state index contributed by atoms with van der Waals surface area (Å²) in [5.74, 6) is -0.248. The molecule has 0 aromatic heterocycles. The van der Waals surface area contributed by atoms with Crippen molar-refractivity contribution < 1.29 is 14.3 Å². The molecule has 1 aromatic carbocycles. The Morgan fingerprint density at radius 2 is 2.18 bits per heavy atom. The zero-order valence-electron chi connectivity index (χ0n) is 13.1. The molecule has 0 saturated carbocycles. The monoisotopic (exact) mass is 304 g/mol. The van der Waals surface area contributed by atoms with Crippen LogP contribution < -0.4 is 10.6 Å². The zero-order chi connectivity index (χ0) is 15.8. The molecule has 1 atom stereocenters. The van der Waals surface area contributed by atoms with E-state index < -0.39 is 0 Å². The normalized spacial score (nSPS) is 17.2. The number of rotatable bonds is 7. The summed E-state index contributed by atoms with van der Waals surface area (Å²) in [6, 6.07) is 6.99. The second-order valence-corrected chi connectivity index (χ2v) is 5.53. The summed E-state index contributed by atoms with van der Waals surface area (Å²) in [5, 5.41) is 5.70. The summed E-state index contributed by atoms with van der Waals surface area (Å²) in [5.41, 5.74) is 1.18. The van der Waals surface area contributed by atoms with Crippen LogP contribution in [-0.2, 0) is 9.53 Å². The van der Waals surface area contributed by atoms with Crippen LogP contribution in [0.3, 0.4) is 0 Å². The van der Waals surface area contributed by atoms with Gasteiger partial charge in [0, 0.05) is 24.4 Å². The maximum atomic E-state index is 12.1. The predicted octanol–water partition coefficient (Wildman–Crippen LogP) is 2.72. The van der Waals surface area contributed by atoms with Crippen molar-refractivity contribution in [3.63, 3.8) is 0 Å². The van der Waals surface area contributed by atoms with Crippen molar-refractivity contribution >= 4 is 17.5 Å². The van der Waals surface area contributed by atoms with Crippen LogP contribution in [0, 0.1) is 0 Å². The van der Waals surface area contributed by atoms with Crippen LogP contribution >= 0.6 is 0 Å². The number of nitrogens with one attached hydrogen (secondary N) is 2. The molecule has 2 N–H and O–H groups in total. The highest BCUT2D eigenvalue weighted by atomic mass is 16.5. The summed E-state index contributed by atoms with van der Waals surface area (Å²) < 4.78 is 5.35. The van der Waals surface area contributed by atoms with Gasteiger partial charge >= 0.3 is 0 Å². The van der Waals surface area contributed by atoms with Gasteiger partial charge in [0.15, 0.2) is 0 Å². The Morgan fingerprint density at radius 1 is 1.32 bits per heavy atom. The molecule has 0 spiro atoms. The number of ether oxygens (including phenoxy) is 1. The molecule has 5 nitrogen and oxygen atoms in total. The molecule has 120 valence electrons. The van der Waals surface area contributed by atoms with E-state index in [1.807, 2.05) is 0 Å². The van der Waals surface area contributed by atoms with Gasteiger partial charge in [0.25, 0.3) is 11.8 Å². The molecule has 1 unspecified atom stereocenters. The van der Waals surface area contributed by atoms with Crippen molar-refractivity contribution in [1.82, 2.24) is 5.32 Å². The fourth-order valence-electron chi connectivity index (χ4n) is 2.42. The van der Waals surface area contributed by atoms with Crippen LogP contribution in [0.15, 0.2) is 24.3 Å². The smallest absolute Gasteiger partial charge is 0.253 e. The van der Waals surface area contributed by atoms with Gasteiger partial charge in [-0.3, -0.25) is 9.59 Å². The Labute approximate surface area is 131 Å². The number of unbranched alkanes of at least 4 members (excludes halogenated alkanes) is 2. The van der Waals surface area contributed by atoms with Crippen molar-refractivity contribution in [3.8, 4) is 0 Å². The Kier molecular flexibility index (Phi) is 6.40. The summed E-state index contributed by atoms with van der Waals surface area (Å²) in [4.78, 5) is 24.1. The molecule has 1 aromatic rings. The minimum Gasteiger partial charge on any atom is -0.368 e. The number of hydrogen-bond donors (Lipinski definition) is 2. The quantitative estimate of drug-likeness (QED) is 0.761. The predicted molar refractivity (Wildman–Crippen MR) is 85.9 cm³/mol. The van der Waals surface area contributed by atoms with E-state index in [9.17, 15) is 9.59 Å². The first-order valence-electron chi connectivity index (χ1n) is 8.01. The van der Waals surface area contributed by atoms with Gasteiger partial charge in [-0.2, -0.15) is 0 Å². The molecule has 1 saturated heterocycles. The minimum absolute atomic E-state index is 0.107. The van der Waals surface area contributed by atoms with E-state index >= 15 is 0 Å². The Bertz CT molecular complexity index is 510. The van der Waals surface area contributed by atoms with Gasteiger partial charge in [-0.1, -0.05) is 25.8 Å². The Hall–Kier alpha value is -1.88. The number of amides is 2. The number of hydrogen-bond acceptors (Lipinski definition) is 3. The zero-order valence-corrected chi connectivity index (χ0v) is 13.1. The fraction of sp³-hybridized carbons (Fsp3) is 0.529. The lowest BCUT2D eigenvalue weighted by Crippen LogP contribution is -2.27. The van der Waals surface area contributed by atoms with E-state index in [-0.39, 0.29) is 17.9 Å². The van der Waals surface area contributed by atoms with E-state index in [4.69, 9.17) is 4.74 Å². The fourth-order valence-corrected chi connectivity index (χ4v) is 2.42. The topological polar surface area (TPSA) is 67.4 Å². The second kappa shape index (κ2) is 8.54. The van der Waals surface area contributed by atoms with Gasteiger partial charge in [0.05, 0.1) is 0 Å². The van der Waals surface area contributed by atoms with Gasteiger partial charge in [-0.25, -0.2) is 0 Å². The minimum atomic E-state index is -0.369. The molecule has 1 aliphatic rings. The van der Waals surface area contributed by atoms with Crippen LogP contribution in [0.5, 0.6) is 0 Å². The lowest BCUT2D eigenvalue weighted by Gasteiger charge is -2.11. The molecular weight excluding hydrogens is 280 g/mol. The third kappa shape index (κ3) is 4.84. The molecule has 0 aliphatic carbocycles. The van der Waals surface area contributed by atoms with Crippen LogP contribution in [0.1, 0.15) is 49.4 Å². The first kappa shape index (κ1) is 16.5. The van der Waals surface area contributed by atoms with Gasteiger partial charge in [0.1, 0.15) is 6.10 Å². The van der Waals surface area contributed by atoms with Crippen LogP contribution in [0.2, 0.25) is 0 Å². The van der Waals surface area contributed by atoms with Crippen LogP contribution in [0.4, 0.5) is 5.69 Å². The van der Waals surface area contributed by atoms with Gasteiger partial charge in [0.2, 0.25) is 0 Å². The summed E-state index contributed by atoms with van der Waals surface area (Å²) in [6.45, 7) is 3.44. The van der Waals surface area contributed by atoms with E-state index in [0.717, 1.165) is 32.1 Å². The molecule has 1 heterocycles. The van der Waals surface area contributed by atoms with Crippen LogP contribution in [0.25, 0.3) is 0 Å². The highest BCUT2D eigenvalue weighted by molar-refractivity contribution is 5.98. The number of carbonyl (C=O) groups excluding carboxylic acids is 2. The molecule has 1 fully saturated rings. The Morgan fingerprint density at radius 3 is 2.91 bits per heavy atom. The van der Waals surface area contributed by atoms with E-state index in [2.05, 4.69) is 17.6 Å². The van der Waals surface area contributed by atoms with Gasteiger partial charge in [-0.05, 0) is 37.5 Å². The molecular formula is C17H24N2O3. The molecule has 2 amide bonds. The highest BCUT2D eigenvalue weighted by Gasteiger charge is 2.23. The first-order valence-corrected chi connectivity index (χ1v) is 8.01. The first-order chi connectivity index (χ1) is 10.7. The van der Waals surface area contributed by atoms with E-state index in [0.29, 0.717) is 24.4 Å². The standard InChI is InChI=1S/C17H24N2O3/c1-2-3-4-10-18-16(20)13-7-5-8-14(12-13)19-17(21)15-9-6-11-22-15/h5,7-8,12,15H,2-4,6,9-11H2,1H3,(H,18,20)(H,19,21). The van der Waals surface area contributed by atoms with Crippen molar-refractivity contribution in [2.45, 2.75) is 45.1 Å². The molecule has 22 heavy (non-hydrogen) atoms. The molecule has 5 heteroatoms. The van der Waals surface area contributed by atoms with E-state index in [1.54, 1.807) is 24.3 Å². The third-order valence-corrected chi connectivity index (χ3v) is 3.68.